The molecule has 1 saturated carbocycles. The van der Waals surface area contributed by atoms with Gasteiger partial charge in [0.1, 0.15) is 5.75 Å². The largest absolute Gasteiger partial charge is 0.348 e. The molecule has 9 heteroatoms. The van der Waals surface area contributed by atoms with E-state index < -0.39 is 21.5 Å². The van der Waals surface area contributed by atoms with Crippen LogP contribution in [0.1, 0.15) is 23.2 Å². The van der Waals surface area contributed by atoms with Crippen molar-refractivity contribution in [3.05, 3.63) is 29.8 Å². The minimum Gasteiger partial charge on any atom is -0.348 e. The van der Waals surface area contributed by atoms with Crippen LogP contribution in [0.5, 0.6) is 0 Å². The van der Waals surface area contributed by atoms with Gasteiger partial charge in [0.25, 0.3) is 5.91 Å². The lowest BCUT2D eigenvalue weighted by atomic mass is 10.1. The van der Waals surface area contributed by atoms with Crippen LogP contribution in [0.3, 0.4) is 0 Å². The summed E-state index contributed by atoms with van der Waals surface area (Å²) >= 11 is 0. The Labute approximate surface area is 154 Å². The lowest BCUT2D eigenvalue weighted by Crippen LogP contribution is -2.41. The van der Waals surface area contributed by atoms with Gasteiger partial charge in [-0.05, 0) is 43.0 Å². The highest BCUT2D eigenvalue weighted by Gasteiger charge is 2.31. The number of nitrogens with two attached hydrogens (primary N) is 1. The molecule has 1 atom stereocenters. The molecular weight excluding hydrogens is 366 g/mol. The molecule has 1 aromatic carbocycles. The van der Waals surface area contributed by atoms with Gasteiger partial charge in [-0.3, -0.25) is 9.59 Å². The molecule has 0 bridgehead atoms. The highest BCUT2D eigenvalue weighted by atomic mass is 35.5. The molecule has 140 valence electrons. The van der Waals surface area contributed by atoms with Crippen LogP contribution in [0.2, 0.25) is 0 Å². The van der Waals surface area contributed by atoms with Crippen LogP contribution < -0.4 is 11.1 Å². The molecule has 0 heterocycles. The molecule has 1 unspecified atom stereocenters. The molecule has 0 aromatic heterocycles. The minimum atomic E-state index is -3.72. The first-order valence-electron chi connectivity index (χ1n) is 7.78. The van der Waals surface area contributed by atoms with Crippen molar-refractivity contribution in [3.8, 4) is 0 Å². The number of halogens is 1. The van der Waals surface area contributed by atoms with E-state index >= 15 is 0 Å². The Bertz CT molecular complexity index is 715. The van der Waals surface area contributed by atoms with Crippen LogP contribution in [-0.4, -0.2) is 57.6 Å². The van der Waals surface area contributed by atoms with E-state index in [1.165, 1.54) is 43.3 Å². The van der Waals surface area contributed by atoms with Gasteiger partial charge in [-0.1, -0.05) is 0 Å². The van der Waals surface area contributed by atoms with Crippen molar-refractivity contribution in [2.45, 2.75) is 23.8 Å². The normalized spacial score (nSPS) is 15.0. The molecule has 0 spiro atoms. The maximum absolute atomic E-state index is 12.2. The van der Waals surface area contributed by atoms with Crippen LogP contribution >= 0.6 is 12.4 Å². The fraction of sp³-hybridized carbons (Fsp3) is 0.500. The van der Waals surface area contributed by atoms with E-state index in [2.05, 4.69) is 5.32 Å². The van der Waals surface area contributed by atoms with E-state index in [0.29, 0.717) is 18.0 Å². The summed E-state index contributed by atoms with van der Waals surface area (Å²) in [4.78, 5) is 25.0. The topological polar surface area (TPSA) is 110 Å². The van der Waals surface area contributed by atoms with Crippen LogP contribution in [-0.2, 0) is 14.6 Å². The van der Waals surface area contributed by atoms with Crippen molar-refractivity contribution in [1.29, 1.82) is 0 Å². The average molecular weight is 390 g/mol. The molecule has 0 aliphatic heterocycles. The van der Waals surface area contributed by atoms with Crippen molar-refractivity contribution in [3.63, 3.8) is 0 Å². The number of amides is 2. The SMILES string of the molecule is CN(C)C(=O)CS(=O)(=O)c1ccc(C(=O)NC(CN)C2CC2)cc1.Cl. The smallest absolute Gasteiger partial charge is 0.251 e. The zero-order chi connectivity index (χ0) is 17.9. The summed E-state index contributed by atoms with van der Waals surface area (Å²) in [5, 5.41) is 2.88. The van der Waals surface area contributed by atoms with Gasteiger partial charge >= 0.3 is 0 Å². The molecule has 1 aliphatic rings. The predicted octanol–water partition coefficient (Wildman–Crippen LogP) is 0.437. The van der Waals surface area contributed by atoms with E-state index in [4.69, 9.17) is 5.73 Å². The first kappa shape index (κ1) is 21.4. The fourth-order valence-electron chi connectivity index (χ4n) is 2.31. The van der Waals surface area contributed by atoms with Crippen LogP contribution in [0.15, 0.2) is 29.2 Å². The summed E-state index contributed by atoms with van der Waals surface area (Å²) in [6.07, 6.45) is 2.14. The molecule has 0 saturated heterocycles. The molecule has 0 radical (unpaired) electrons. The first-order valence-corrected chi connectivity index (χ1v) is 9.43. The van der Waals surface area contributed by atoms with E-state index in [-0.39, 0.29) is 29.3 Å². The second-order valence-electron chi connectivity index (χ2n) is 6.22. The Morgan fingerprint density at radius 1 is 1.24 bits per heavy atom. The van der Waals surface area contributed by atoms with Crippen LogP contribution in [0.4, 0.5) is 0 Å². The molecule has 25 heavy (non-hydrogen) atoms. The quantitative estimate of drug-likeness (QED) is 0.703. The zero-order valence-electron chi connectivity index (χ0n) is 14.3. The number of nitrogens with zero attached hydrogens (tertiary/aromatic N) is 1. The number of sulfone groups is 1. The Balaban J connectivity index is 0.00000312. The van der Waals surface area contributed by atoms with Gasteiger partial charge < -0.3 is 16.0 Å². The second kappa shape index (κ2) is 8.64. The van der Waals surface area contributed by atoms with Crippen molar-refractivity contribution in [2.24, 2.45) is 11.7 Å². The second-order valence-corrected chi connectivity index (χ2v) is 8.21. The molecule has 1 fully saturated rings. The van der Waals surface area contributed by atoms with E-state index in [9.17, 15) is 18.0 Å². The van der Waals surface area contributed by atoms with E-state index in [1.807, 2.05) is 0 Å². The number of carbonyl (C=O) groups is 2. The first-order chi connectivity index (χ1) is 11.2. The van der Waals surface area contributed by atoms with Gasteiger partial charge in [-0.25, -0.2) is 8.42 Å². The van der Waals surface area contributed by atoms with Gasteiger partial charge in [0.05, 0.1) is 4.90 Å². The third-order valence-corrected chi connectivity index (χ3v) is 5.67. The lowest BCUT2D eigenvalue weighted by molar-refractivity contribution is -0.125. The number of hydrogen-bond acceptors (Lipinski definition) is 5. The molecule has 1 aromatic rings. The number of rotatable bonds is 7. The Hall–Kier alpha value is -1.64. The minimum absolute atomic E-state index is 0. The third-order valence-electron chi connectivity index (χ3n) is 4.05. The number of carbonyl (C=O) groups excluding carboxylic acids is 2. The summed E-state index contributed by atoms with van der Waals surface area (Å²) < 4.78 is 24.4. The predicted molar refractivity (Wildman–Crippen MR) is 97.5 cm³/mol. The van der Waals surface area contributed by atoms with E-state index in [0.717, 1.165) is 12.8 Å². The summed E-state index contributed by atoms with van der Waals surface area (Å²) in [5.41, 5.74) is 6.03. The summed E-state index contributed by atoms with van der Waals surface area (Å²) in [6.45, 7) is 0.384. The van der Waals surface area contributed by atoms with Crippen molar-refractivity contribution in [2.75, 3.05) is 26.4 Å². The van der Waals surface area contributed by atoms with Crippen molar-refractivity contribution < 1.29 is 18.0 Å². The van der Waals surface area contributed by atoms with Crippen LogP contribution in [0, 0.1) is 5.92 Å². The standard InChI is InChI=1S/C16H23N3O4S.ClH/c1-19(2)15(20)10-24(22,23)13-7-5-12(6-8-13)16(21)18-14(9-17)11-3-4-11;/h5-8,11,14H,3-4,9-10,17H2,1-2H3,(H,18,21);1H. The van der Waals surface area contributed by atoms with Gasteiger partial charge in [0, 0.05) is 32.2 Å². The van der Waals surface area contributed by atoms with Crippen LogP contribution in [0.25, 0.3) is 0 Å². The monoisotopic (exact) mass is 389 g/mol. The number of benzene rings is 1. The molecular formula is C16H24ClN3O4S. The van der Waals surface area contributed by atoms with Crippen molar-refractivity contribution in [1.82, 2.24) is 10.2 Å². The highest BCUT2D eigenvalue weighted by molar-refractivity contribution is 7.92. The highest BCUT2D eigenvalue weighted by Crippen LogP contribution is 2.32. The maximum Gasteiger partial charge on any atom is 0.251 e. The van der Waals surface area contributed by atoms with Gasteiger partial charge in [-0.2, -0.15) is 0 Å². The van der Waals surface area contributed by atoms with Gasteiger partial charge in [0.15, 0.2) is 9.84 Å². The Morgan fingerprint density at radius 3 is 2.24 bits per heavy atom. The molecule has 2 rings (SSSR count). The maximum atomic E-state index is 12.2. The molecule has 7 nitrogen and oxygen atoms in total. The third kappa shape index (κ3) is 5.69. The summed E-state index contributed by atoms with van der Waals surface area (Å²) in [6, 6.07) is 5.55. The molecule has 3 N–H and O–H groups in total. The molecule has 2 amide bonds. The molecule has 1 aliphatic carbocycles. The zero-order valence-corrected chi connectivity index (χ0v) is 15.9. The summed E-state index contributed by atoms with van der Waals surface area (Å²) in [7, 11) is -0.723. The fourth-order valence-corrected chi connectivity index (χ4v) is 3.61. The van der Waals surface area contributed by atoms with E-state index in [1.54, 1.807) is 0 Å². The Kier molecular flexibility index (Phi) is 7.40. The average Bonchev–Trinajstić information content (AvgIpc) is 3.36. The van der Waals surface area contributed by atoms with Crippen molar-refractivity contribution >= 4 is 34.1 Å². The number of hydrogen-bond donors (Lipinski definition) is 2. The lowest BCUT2D eigenvalue weighted by Gasteiger charge is -2.16. The van der Waals surface area contributed by atoms with Gasteiger partial charge in [-0.15, -0.1) is 12.4 Å². The summed E-state index contributed by atoms with van der Waals surface area (Å²) in [5.74, 6) is -0.920. The van der Waals surface area contributed by atoms with Gasteiger partial charge in [0.2, 0.25) is 5.91 Å². The number of nitrogens with one attached hydrogen (secondary N) is 1. The Morgan fingerprint density at radius 2 is 1.80 bits per heavy atom.